The molecule has 2 unspecified atom stereocenters. The number of nitrogens with one attached hydrogen (secondary N) is 1. The van der Waals surface area contributed by atoms with Crippen LogP contribution < -0.4 is 5.32 Å². The topological polar surface area (TPSA) is 12.0 Å². The fraction of sp³-hybridized carbons (Fsp3) is 0.333. The lowest BCUT2D eigenvalue weighted by molar-refractivity contribution is 0.269. The van der Waals surface area contributed by atoms with Crippen LogP contribution in [-0.4, -0.2) is 12.6 Å². The van der Waals surface area contributed by atoms with Crippen LogP contribution in [0.25, 0.3) is 0 Å². The van der Waals surface area contributed by atoms with E-state index in [1.807, 2.05) is 0 Å². The molecule has 4 rings (SSSR count). The van der Waals surface area contributed by atoms with E-state index >= 15 is 0 Å². The first-order valence-corrected chi connectivity index (χ1v) is 7.26. The number of hydrogen-bond donors (Lipinski definition) is 1. The van der Waals surface area contributed by atoms with E-state index in [1.54, 1.807) is 5.56 Å². The molecule has 1 N–H and O–H groups in total. The van der Waals surface area contributed by atoms with Crippen molar-refractivity contribution >= 4 is 12.4 Å². The Hall–Kier alpha value is -1.31. The molecule has 2 atom stereocenters. The van der Waals surface area contributed by atoms with Gasteiger partial charge in [0, 0.05) is 11.5 Å². The van der Waals surface area contributed by atoms with Crippen molar-refractivity contribution < 1.29 is 0 Å². The average molecular weight is 286 g/mol. The Balaban J connectivity index is 0.00000121. The molecule has 0 amide bonds. The number of benzene rings is 2. The van der Waals surface area contributed by atoms with Gasteiger partial charge in [0.25, 0.3) is 0 Å². The van der Waals surface area contributed by atoms with Gasteiger partial charge < -0.3 is 5.32 Å². The molecule has 0 aromatic heterocycles. The minimum Gasteiger partial charge on any atom is -0.314 e. The molecule has 0 spiro atoms. The molecule has 2 bridgehead atoms. The van der Waals surface area contributed by atoms with E-state index in [9.17, 15) is 0 Å². The highest BCUT2D eigenvalue weighted by molar-refractivity contribution is 5.85. The number of halogens is 1. The van der Waals surface area contributed by atoms with Gasteiger partial charge in [0.05, 0.1) is 0 Å². The molecular formula is C18H20ClN. The zero-order valence-corrected chi connectivity index (χ0v) is 12.3. The molecule has 1 saturated heterocycles. The van der Waals surface area contributed by atoms with Crippen LogP contribution >= 0.6 is 12.4 Å². The third kappa shape index (κ3) is 1.97. The van der Waals surface area contributed by atoms with Crippen molar-refractivity contribution in [2.75, 3.05) is 6.54 Å². The highest BCUT2D eigenvalue weighted by Gasteiger charge is 2.43. The van der Waals surface area contributed by atoms with Crippen LogP contribution in [0.1, 0.15) is 29.5 Å². The molecule has 1 fully saturated rings. The molecule has 1 nitrogen and oxygen atoms in total. The zero-order valence-electron chi connectivity index (χ0n) is 11.5. The summed E-state index contributed by atoms with van der Waals surface area (Å²) in [4.78, 5) is 0. The molecule has 1 aliphatic heterocycles. The lowest BCUT2D eigenvalue weighted by Crippen LogP contribution is -2.51. The number of fused-ring (bicyclic) bond motifs is 4. The van der Waals surface area contributed by atoms with Gasteiger partial charge in [0.2, 0.25) is 0 Å². The number of piperidine rings is 1. The standard InChI is InChI=1S/C18H19N.ClH/c1-2-7-15(8-3-1)18-10-11-19-16(13-18)12-14-6-4-5-9-17(14)18;/h1-9,16,19H,10-13H2;1H. The summed E-state index contributed by atoms with van der Waals surface area (Å²) >= 11 is 0. The quantitative estimate of drug-likeness (QED) is 0.842. The summed E-state index contributed by atoms with van der Waals surface area (Å²) < 4.78 is 0. The number of hydrogen-bond acceptors (Lipinski definition) is 1. The minimum atomic E-state index is 0. The van der Waals surface area contributed by atoms with Crippen LogP contribution in [0, 0.1) is 0 Å². The summed E-state index contributed by atoms with van der Waals surface area (Å²) in [6.45, 7) is 1.13. The van der Waals surface area contributed by atoms with Crippen LogP contribution in [0.3, 0.4) is 0 Å². The van der Waals surface area contributed by atoms with Crippen molar-refractivity contribution in [1.29, 1.82) is 0 Å². The van der Waals surface area contributed by atoms with Crippen molar-refractivity contribution in [3.63, 3.8) is 0 Å². The van der Waals surface area contributed by atoms with Crippen molar-refractivity contribution in [3.05, 3.63) is 71.3 Å². The van der Waals surface area contributed by atoms with Crippen LogP contribution in [0.4, 0.5) is 0 Å². The second-order valence-electron chi connectivity index (χ2n) is 5.91. The van der Waals surface area contributed by atoms with E-state index in [-0.39, 0.29) is 17.8 Å². The van der Waals surface area contributed by atoms with Crippen LogP contribution in [-0.2, 0) is 11.8 Å². The fourth-order valence-electron chi connectivity index (χ4n) is 4.08. The Bertz CT molecular complexity index is 595. The van der Waals surface area contributed by atoms with E-state index in [4.69, 9.17) is 0 Å². The van der Waals surface area contributed by atoms with E-state index < -0.39 is 0 Å². The van der Waals surface area contributed by atoms with Crippen LogP contribution in [0.15, 0.2) is 54.6 Å². The lowest BCUT2D eigenvalue weighted by atomic mass is 9.61. The van der Waals surface area contributed by atoms with E-state index in [0.717, 1.165) is 6.54 Å². The van der Waals surface area contributed by atoms with Crippen molar-refractivity contribution in [1.82, 2.24) is 5.32 Å². The molecule has 1 heterocycles. The van der Waals surface area contributed by atoms with Crippen LogP contribution in [0.2, 0.25) is 0 Å². The third-order valence-electron chi connectivity index (χ3n) is 4.91. The largest absolute Gasteiger partial charge is 0.314 e. The maximum absolute atomic E-state index is 3.69. The monoisotopic (exact) mass is 285 g/mol. The molecule has 0 radical (unpaired) electrons. The lowest BCUT2D eigenvalue weighted by Gasteiger charge is -2.47. The first-order chi connectivity index (χ1) is 9.38. The van der Waals surface area contributed by atoms with Gasteiger partial charge >= 0.3 is 0 Å². The summed E-state index contributed by atoms with van der Waals surface area (Å²) in [5.41, 5.74) is 4.84. The molecule has 0 saturated carbocycles. The second kappa shape index (κ2) is 5.23. The fourth-order valence-corrected chi connectivity index (χ4v) is 4.08. The Morgan fingerprint density at radius 3 is 2.55 bits per heavy atom. The zero-order chi connectivity index (χ0) is 12.7. The highest BCUT2D eigenvalue weighted by Crippen LogP contribution is 2.46. The summed E-state index contributed by atoms with van der Waals surface area (Å²) in [5, 5.41) is 3.69. The van der Waals surface area contributed by atoms with Crippen molar-refractivity contribution in [3.8, 4) is 0 Å². The Morgan fingerprint density at radius 1 is 0.950 bits per heavy atom. The van der Waals surface area contributed by atoms with E-state index in [0.29, 0.717) is 6.04 Å². The maximum atomic E-state index is 3.69. The molecule has 20 heavy (non-hydrogen) atoms. The molecule has 1 aliphatic carbocycles. The molecule has 2 aromatic carbocycles. The van der Waals surface area contributed by atoms with Crippen molar-refractivity contribution in [2.24, 2.45) is 0 Å². The normalized spacial score (nSPS) is 27.3. The van der Waals surface area contributed by atoms with Gasteiger partial charge in [-0.1, -0.05) is 54.6 Å². The number of rotatable bonds is 1. The first kappa shape index (κ1) is 13.7. The average Bonchev–Trinajstić information content (AvgIpc) is 2.48. The van der Waals surface area contributed by atoms with E-state index in [1.165, 1.54) is 30.4 Å². The molecule has 2 heteroatoms. The molecule has 2 aromatic rings. The van der Waals surface area contributed by atoms with Gasteiger partial charge in [-0.15, -0.1) is 12.4 Å². The SMILES string of the molecule is Cl.c1ccc(C23CCNC(Cc4ccccc42)C3)cc1. The third-order valence-corrected chi connectivity index (χ3v) is 4.91. The van der Waals surface area contributed by atoms with Gasteiger partial charge in [0.15, 0.2) is 0 Å². The summed E-state index contributed by atoms with van der Waals surface area (Å²) in [6, 6.07) is 20.8. The summed E-state index contributed by atoms with van der Waals surface area (Å²) in [6.07, 6.45) is 3.64. The predicted octanol–water partition coefficient (Wildman–Crippen LogP) is 3.70. The molecular weight excluding hydrogens is 266 g/mol. The van der Waals surface area contributed by atoms with Gasteiger partial charge in [-0.05, 0) is 42.5 Å². The molecule has 2 aliphatic rings. The summed E-state index contributed by atoms with van der Waals surface area (Å²) in [5.74, 6) is 0. The van der Waals surface area contributed by atoms with Gasteiger partial charge in [-0.3, -0.25) is 0 Å². The van der Waals surface area contributed by atoms with Gasteiger partial charge in [0.1, 0.15) is 0 Å². The van der Waals surface area contributed by atoms with Crippen molar-refractivity contribution in [2.45, 2.75) is 30.7 Å². The van der Waals surface area contributed by atoms with Crippen LogP contribution in [0.5, 0.6) is 0 Å². The molecule has 104 valence electrons. The van der Waals surface area contributed by atoms with E-state index in [2.05, 4.69) is 59.9 Å². The Morgan fingerprint density at radius 2 is 1.70 bits per heavy atom. The smallest absolute Gasteiger partial charge is 0.0232 e. The summed E-state index contributed by atoms with van der Waals surface area (Å²) in [7, 11) is 0. The predicted molar refractivity (Wildman–Crippen MR) is 85.6 cm³/mol. The Kier molecular flexibility index (Phi) is 3.57. The maximum Gasteiger partial charge on any atom is 0.0232 e. The minimum absolute atomic E-state index is 0. The van der Waals surface area contributed by atoms with Gasteiger partial charge in [-0.2, -0.15) is 0 Å². The highest BCUT2D eigenvalue weighted by atomic mass is 35.5. The van der Waals surface area contributed by atoms with Gasteiger partial charge in [-0.25, -0.2) is 0 Å². The second-order valence-corrected chi connectivity index (χ2v) is 5.91. The Labute approximate surface area is 126 Å². The first-order valence-electron chi connectivity index (χ1n) is 7.26.